The lowest BCUT2D eigenvalue weighted by atomic mass is 10.2. The number of nitrogens with one attached hydrogen (secondary N) is 2. The molecule has 1 saturated carbocycles. The third-order valence-corrected chi connectivity index (χ3v) is 5.41. The van der Waals surface area contributed by atoms with Gasteiger partial charge < -0.3 is 14.8 Å². The summed E-state index contributed by atoms with van der Waals surface area (Å²) in [5.74, 6) is -0.284. The molecule has 2 N–H and O–H groups in total. The Kier molecular flexibility index (Phi) is 6.64. The maximum atomic E-state index is 13.4. The summed E-state index contributed by atoms with van der Waals surface area (Å²) in [7, 11) is 1.29. The number of halogens is 3. The van der Waals surface area contributed by atoms with Gasteiger partial charge in [0, 0.05) is 12.7 Å². The molecular weight excluding hydrogens is 451 g/mol. The molecule has 2 aromatic heterocycles. The highest BCUT2D eigenvalue weighted by molar-refractivity contribution is 5.89. The predicted octanol–water partition coefficient (Wildman–Crippen LogP) is 3.63. The Morgan fingerprint density at radius 1 is 1.06 bits per heavy atom. The van der Waals surface area contributed by atoms with Crippen molar-refractivity contribution in [2.75, 3.05) is 7.11 Å². The van der Waals surface area contributed by atoms with E-state index >= 15 is 0 Å². The molecule has 8 nitrogen and oxygen atoms in total. The van der Waals surface area contributed by atoms with Gasteiger partial charge in [-0.3, -0.25) is 15.1 Å². The lowest BCUT2D eigenvalue weighted by Gasteiger charge is -2.17. The molecule has 1 aromatic carbocycles. The van der Waals surface area contributed by atoms with Gasteiger partial charge >= 0.3 is 6.18 Å². The van der Waals surface area contributed by atoms with Crippen molar-refractivity contribution in [2.24, 2.45) is 0 Å². The number of pyridine rings is 1. The third-order valence-electron chi connectivity index (χ3n) is 5.41. The molecule has 0 spiro atoms. The highest BCUT2D eigenvalue weighted by Crippen LogP contribution is 2.40. The van der Waals surface area contributed by atoms with E-state index in [9.17, 15) is 18.0 Å². The molecule has 2 heterocycles. The van der Waals surface area contributed by atoms with Gasteiger partial charge in [0.15, 0.2) is 0 Å². The van der Waals surface area contributed by atoms with E-state index in [4.69, 9.17) is 9.47 Å². The summed E-state index contributed by atoms with van der Waals surface area (Å²) >= 11 is 0. The van der Waals surface area contributed by atoms with Crippen LogP contribution in [-0.2, 0) is 24.1 Å². The minimum atomic E-state index is -4.61. The minimum Gasteiger partial charge on any atom is -0.497 e. The van der Waals surface area contributed by atoms with E-state index < -0.39 is 17.3 Å². The first kappa shape index (κ1) is 23.4. The maximum Gasteiger partial charge on any atom is 0.420 e. The van der Waals surface area contributed by atoms with Crippen LogP contribution in [0.2, 0.25) is 0 Å². The summed E-state index contributed by atoms with van der Waals surface area (Å²) in [5, 5.41) is 13.7. The van der Waals surface area contributed by atoms with Gasteiger partial charge in [0.05, 0.1) is 37.3 Å². The molecule has 178 valence electrons. The molecule has 0 saturated heterocycles. The number of alkyl halides is 3. The largest absolute Gasteiger partial charge is 0.497 e. The average Bonchev–Trinajstić information content (AvgIpc) is 3.64. The van der Waals surface area contributed by atoms with Crippen molar-refractivity contribution in [3.63, 3.8) is 0 Å². The van der Waals surface area contributed by atoms with Gasteiger partial charge in [0.1, 0.15) is 22.8 Å². The Hall–Kier alpha value is -3.73. The van der Waals surface area contributed by atoms with Gasteiger partial charge in [-0.15, -0.1) is 0 Å². The number of carbonyl (C=O) groups is 1. The highest BCUT2D eigenvalue weighted by Gasteiger charge is 2.49. The number of ether oxygens (including phenoxy) is 2. The van der Waals surface area contributed by atoms with Gasteiger partial charge in [-0.2, -0.15) is 23.4 Å². The standard InChI is InChI=1S/C23H22F3N5O3/c1-33-17-4-5-20(19(10-17)23(24,25)26)34-18-3-2-16(27-14-18)13-28-21(32)22(7-8-22)29-11-15-6-9-30-31-12-15/h2-6,9-10,12,14,29H,7-8,11,13H2,1H3,(H,28,32). The Labute approximate surface area is 193 Å². The van der Waals surface area contributed by atoms with Crippen molar-refractivity contribution >= 4 is 5.91 Å². The van der Waals surface area contributed by atoms with Crippen LogP contribution in [0.5, 0.6) is 17.2 Å². The Bertz CT molecular complexity index is 1140. The van der Waals surface area contributed by atoms with Crippen LogP contribution in [0.15, 0.2) is 55.0 Å². The monoisotopic (exact) mass is 473 g/mol. The van der Waals surface area contributed by atoms with Gasteiger partial charge in [0.2, 0.25) is 5.91 Å². The summed E-state index contributed by atoms with van der Waals surface area (Å²) in [5.41, 5.74) is -0.0975. The fourth-order valence-corrected chi connectivity index (χ4v) is 3.29. The van der Waals surface area contributed by atoms with Crippen molar-refractivity contribution in [1.82, 2.24) is 25.8 Å². The number of nitrogens with zero attached hydrogens (tertiary/aromatic N) is 3. The Balaban J connectivity index is 1.33. The molecule has 1 aliphatic rings. The van der Waals surface area contributed by atoms with Crippen molar-refractivity contribution in [2.45, 2.75) is 37.6 Å². The summed E-state index contributed by atoms with van der Waals surface area (Å²) in [6.07, 6.45) is 1.38. The zero-order valence-electron chi connectivity index (χ0n) is 18.2. The number of amides is 1. The number of methoxy groups -OCH3 is 1. The van der Waals surface area contributed by atoms with Crippen LogP contribution in [0.4, 0.5) is 13.2 Å². The van der Waals surface area contributed by atoms with Gasteiger partial charge in [-0.1, -0.05) is 0 Å². The first-order chi connectivity index (χ1) is 16.3. The second kappa shape index (κ2) is 9.64. The second-order valence-corrected chi connectivity index (χ2v) is 7.82. The quantitative estimate of drug-likeness (QED) is 0.490. The van der Waals surface area contributed by atoms with Gasteiger partial charge in [-0.25, -0.2) is 0 Å². The fraction of sp³-hybridized carbons (Fsp3) is 0.304. The molecular formula is C23H22F3N5O3. The zero-order chi connectivity index (χ0) is 24.2. The second-order valence-electron chi connectivity index (χ2n) is 7.82. The molecule has 0 atom stereocenters. The molecule has 0 unspecified atom stereocenters. The van der Waals surface area contributed by atoms with Crippen LogP contribution in [0.1, 0.15) is 29.7 Å². The molecule has 3 aromatic rings. The number of aromatic nitrogens is 3. The number of hydrogen-bond acceptors (Lipinski definition) is 7. The van der Waals surface area contributed by atoms with Crippen LogP contribution in [0.3, 0.4) is 0 Å². The van der Waals surface area contributed by atoms with Crippen molar-refractivity contribution in [3.8, 4) is 17.2 Å². The molecule has 0 bridgehead atoms. The lowest BCUT2D eigenvalue weighted by molar-refractivity contribution is -0.138. The van der Waals surface area contributed by atoms with E-state index in [-0.39, 0.29) is 29.7 Å². The maximum absolute atomic E-state index is 13.4. The zero-order valence-corrected chi connectivity index (χ0v) is 18.2. The highest BCUT2D eigenvalue weighted by atomic mass is 19.4. The van der Waals surface area contributed by atoms with Crippen LogP contribution in [-0.4, -0.2) is 33.7 Å². The van der Waals surface area contributed by atoms with Crippen LogP contribution < -0.4 is 20.1 Å². The predicted molar refractivity (Wildman–Crippen MR) is 115 cm³/mol. The minimum absolute atomic E-state index is 0.0734. The first-order valence-corrected chi connectivity index (χ1v) is 10.5. The molecule has 34 heavy (non-hydrogen) atoms. The van der Waals surface area contributed by atoms with E-state index in [1.165, 1.54) is 31.5 Å². The van der Waals surface area contributed by atoms with Crippen LogP contribution >= 0.6 is 0 Å². The van der Waals surface area contributed by atoms with Crippen LogP contribution in [0, 0.1) is 0 Å². The average molecular weight is 473 g/mol. The molecule has 1 amide bonds. The van der Waals surface area contributed by atoms with E-state index in [0.717, 1.165) is 24.5 Å². The topological polar surface area (TPSA) is 98.3 Å². The van der Waals surface area contributed by atoms with Crippen LogP contribution in [0.25, 0.3) is 0 Å². The summed E-state index contributed by atoms with van der Waals surface area (Å²) in [6, 6.07) is 8.36. The molecule has 0 aliphatic heterocycles. The van der Waals surface area contributed by atoms with E-state index in [2.05, 4.69) is 25.8 Å². The number of carbonyl (C=O) groups excluding carboxylic acids is 1. The SMILES string of the molecule is COc1ccc(Oc2ccc(CNC(=O)C3(NCc4ccnnc4)CC3)nc2)c(C(F)(F)F)c1. The van der Waals surface area contributed by atoms with E-state index in [0.29, 0.717) is 12.2 Å². The van der Waals surface area contributed by atoms with Crippen molar-refractivity contribution in [3.05, 3.63) is 71.8 Å². The third kappa shape index (κ3) is 5.60. The molecule has 1 aliphatic carbocycles. The summed E-state index contributed by atoms with van der Waals surface area (Å²) in [4.78, 5) is 16.8. The number of benzene rings is 1. The van der Waals surface area contributed by atoms with Gasteiger partial charge in [-0.05, 0) is 54.8 Å². The fourth-order valence-electron chi connectivity index (χ4n) is 3.29. The molecule has 0 radical (unpaired) electrons. The number of hydrogen-bond donors (Lipinski definition) is 2. The summed E-state index contributed by atoms with van der Waals surface area (Å²) in [6.45, 7) is 0.675. The van der Waals surface area contributed by atoms with E-state index in [1.54, 1.807) is 18.5 Å². The van der Waals surface area contributed by atoms with Gasteiger partial charge in [0.25, 0.3) is 0 Å². The molecule has 1 fully saturated rings. The first-order valence-electron chi connectivity index (χ1n) is 10.5. The normalized spacial score (nSPS) is 14.4. The Morgan fingerprint density at radius 2 is 1.85 bits per heavy atom. The molecule has 11 heteroatoms. The summed E-state index contributed by atoms with van der Waals surface area (Å²) < 4.78 is 50.4. The number of rotatable bonds is 9. The smallest absolute Gasteiger partial charge is 0.420 e. The lowest BCUT2D eigenvalue weighted by Crippen LogP contribution is -2.46. The van der Waals surface area contributed by atoms with Crippen molar-refractivity contribution in [1.29, 1.82) is 0 Å². The molecule has 4 rings (SSSR count). The Morgan fingerprint density at radius 3 is 2.47 bits per heavy atom. The van der Waals surface area contributed by atoms with E-state index in [1.807, 2.05) is 6.07 Å². The van der Waals surface area contributed by atoms with Crippen molar-refractivity contribution < 1.29 is 27.4 Å².